The molecule has 2 heterocycles. The van der Waals surface area contributed by atoms with Crippen LogP contribution in [-0.2, 0) is 6.42 Å². The number of aromatic hydroxyl groups is 1. The molecule has 0 radical (unpaired) electrons. The largest absolute Gasteiger partial charge is 0.508 e. The highest BCUT2D eigenvalue weighted by Crippen LogP contribution is 2.22. The van der Waals surface area contributed by atoms with Gasteiger partial charge in [0.25, 0.3) is 0 Å². The molecule has 1 N–H and O–H groups in total. The predicted octanol–water partition coefficient (Wildman–Crippen LogP) is 2.99. The van der Waals surface area contributed by atoms with Crippen molar-refractivity contribution in [2.24, 2.45) is 0 Å². The van der Waals surface area contributed by atoms with E-state index in [0.717, 1.165) is 27.3 Å². The van der Waals surface area contributed by atoms with Crippen molar-refractivity contribution in [2.45, 2.75) is 6.42 Å². The molecule has 0 bridgehead atoms. The Morgan fingerprint density at radius 3 is 2.71 bits per heavy atom. The molecule has 0 saturated carbocycles. The average molecular weight is 242 g/mol. The lowest BCUT2D eigenvalue weighted by Crippen LogP contribution is -1.85. The molecule has 4 heteroatoms. The van der Waals surface area contributed by atoms with Crippen molar-refractivity contribution >= 4 is 21.7 Å². The topological polar surface area (TPSA) is 46.0 Å². The van der Waals surface area contributed by atoms with Gasteiger partial charge in [-0.05, 0) is 29.8 Å². The summed E-state index contributed by atoms with van der Waals surface area (Å²) in [5.74, 6) is 0.291. The van der Waals surface area contributed by atoms with E-state index >= 15 is 0 Å². The van der Waals surface area contributed by atoms with Crippen LogP contribution in [0.1, 0.15) is 10.6 Å². The molecule has 0 aliphatic rings. The number of thiazole rings is 1. The van der Waals surface area contributed by atoms with Gasteiger partial charge in [0, 0.05) is 12.6 Å². The second-order valence-electron chi connectivity index (χ2n) is 3.78. The van der Waals surface area contributed by atoms with Crippen molar-refractivity contribution in [3.05, 3.63) is 53.2 Å². The minimum Gasteiger partial charge on any atom is -0.508 e. The van der Waals surface area contributed by atoms with E-state index in [4.69, 9.17) is 0 Å². The summed E-state index contributed by atoms with van der Waals surface area (Å²) >= 11 is 1.61. The predicted molar refractivity (Wildman–Crippen MR) is 68.3 cm³/mol. The van der Waals surface area contributed by atoms with Gasteiger partial charge in [-0.1, -0.05) is 23.5 Å². The highest BCUT2D eigenvalue weighted by Gasteiger charge is 2.04. The average Bonchev–Trinajstić information content (AvgIpc) is 2.74. The SMILES string of the molecule is Oc1ccc(Cc2nc3cccnc3s2)cc1. The minimum atomic E-state index is 0.291. The zero-order valence-electron chi connectivity index (χ0n) is 9.00. The van der Waals surface area contributed by atoms with Crippen molar-refractivity contribution in [3.8, 4) is 5.75 Å². The number of benzene rings is 1. The van der Waals surface area contributed by atoms with Gasteiger partial charge in [-0.3, -0.25) is 0 Å². The van der Waals surface area contributed by atoms with Crippen LogP contribution in [0.4, 0.5) is 0 Å². The number of phenols is 1. The van der Waals surface area contributed by atoms with Gasteiger partial charge in [-0.25, -0.2) is 9.97 Å². The molecule has 0 spiro atoms. The van der Waals surface area contributed by atoms with E-state index in [1.54, 1.807) is 29.7 Å². The van der Waals surface area contributed by atoms with Gasteiger partial charge in [0.1, 0.15) is 16.1 Å². The Balaban J connectivity index is 1.92. The van der Waals surface area contributed by atoms with Crippen molar-refractivity contribution in [1.82, 2.24) is 9.97 Å². The molecule has 0 amide bonds. The highest BCUT2D eigenvalue weighted by atomic mass is 32.1. The number of phenolic OH excluding ortho intramolecular Hbond substituents is 1. The van der Waals surface area contributed by atoms with Crippen molar-refractivity contribution in [2.75, 3.05) is 0 Å². The van der Waals surface area contributed by atoms with Gasteiger partial charge in [0.05, 0.1) is 5.01 Å². The monoisotopic (exact) mass is 242 g/mol. The lowest BCUT2D eigenvalue weighted by atomic mass is 10.1. The summed E-state index contributed by atoms with van der Waals surface area (Å²) in [6, 6.07) is 11.1. The van der Waals surface area contributed by atoms with Crippen LogP contribution in [0, 0.1) is 0 Å². The van der Waals surface area contributed by atoms with Crippen molar-refractivity contribution in [3.63, 3.8) is 0 Å². The van der Waals surface area contributed by atoms with Crippen molar-refractivity contribution in [1.29, 1.82) is 0 Å². The Bertz CT molecular complexity index is 613. The van der Waals surface area contributed by atoms with Crippen LogP contribution >= 0.6 is 11.3 Å². The minimum absolute atomic E-state index is 0.291. The molecule has 84 valence electrons. The fourth-order valence-electron chi connectivity index (χ4n) is 1.68. The summed E-state index contributed by atoms with van der Waals surface area (Å²) in [6.45, 7) is 0. The summed E-state index contributed by atoms with van der Waals surface area (Å²) in [4.78, 5) is 9.77. The summed E-state index contributed by atoms with van der Waals surface area (Å²) in [6.07, 6.45) is 2.56. The van der Waals surface area contributed by atoms with Crippen LogP contribution in [0.3, 0.4) is 0 Å². The number of hydrogen-bond donors (Lipinski definition) is 1. The number of fused-ring (bicyclic) bond motifs is 1. The van der Waals surface area contributed by atoms with E-state index in [-0.39, 0.29) is 0 Å². The van der Waals surface area contributed by atoms with E-state index in [0.29, 0.717) is 5.75 Å². The molecule has 3 rings (SSSR count). The fraction of sp³-hybridized carbons (Fsp3) is 0.0769. The van der Waals surface area contributed by atoms with E-state index in [2.05, 4.69) is 9.97 Å². The number of rotatable bonds is 2. The fourth-order valence-corrected chi connectivity index (χ4v) is 2.62. The third kappa shape index (κ3) is 2.12. The molecule has 0 saturated heterocycles. The van der Waals surface area contributed by atoms with Gasteiger partial charge in [-0.15, -0.1) is 0 Å². The van der Waals surface area contributed by atoms with Crippen LogP contribution < -0.4 is 0 Å². The van der Waals surface area contributed by atoms with Gasteiger partial charge >= 0.3 is 0 Å². The van der Waals surface area contributed by atoms with Crippen LogP contribution in [0.15, 0.2) is 42.6 Å². The second-order valence-corrected chi connectivity index (χ2v) is 4.84. The first-order chi connectivity index (χ1) is 8.31. The maximum atomic E-state index is 9.21. The third-order valence-corrected chi connectivity index (χ3v) is 3.48. The Morgan fingerprint density at radius 1 is 1.12 bits per heavy atom. The first kappa shape index (κ1) is 10.2. The quantitative estimate of drug-likeness (QED) is 0.751. The maximum absolute atomic E-state index is 9.21. The van der Waals surface area contributed by atoms with Crippen LogP contribution in [-0.4, -0.2) is 15.1 Å². The zero-order valence-corrected chi connectivity index (χ0v) is 9.81. The standard InChI is InChI=1S/C13H10N2OS/c16-10-5-3-9(4-6-10)8-12-15-11-2-1-7-14-13(11)17-12/h1-7,16H,8H2. The van der Waals surface area contributed by atoms with Gasteiger partial charge in [-0.2, -0.15) is 0 Å². The molecule has 0 fully saturated rings. The highest BCUT2D eigenvalue weighted by molar-refractivity contribution is 7.18. The molecule has 3 nitrogen and oxygen atoms in total. The van der Waals surface area contributed by atoms with E-state index in [9.17, 15) is 5.11 Å². The number of pyridine rings is 1. The number of aromatic nitrogens is 2. The van der Waals surface area contributed by atoms with Crippen molar-refractivity contribution < 1.29 is 5.11 Å². The smallest absolute Gasteiger partial charge is 0.143 e. The Labute approximate surface area is 102 Å². The third-order valence-electron chi connectivity index (χ3n) is 2.50. The van der Waals surface area contributed by atoms with Crippen LogP contribution in [0.2, 0.25) is 0 Å². The molecular weight excluding hydrogens is 232 g/mol. The van der Waals surface area contributed by atoms with Gasteiger partial charge in [0.2, 0.25) is 0 Å². The normalized spacial score (nSPS) is 10.8. The van der Waals surface area contributed by atoms with E-state index < -0.39 is 0 Å². The van der Waals surface area contributed by atoms with Crippen LogP contribution in [0.5, 0.6) is 5.75 Å². The number of nitrogens with zero attached hydrogens (tertiary/aromatic N) is 2. The first-order valence-corrected chi connectivity index (χ1v) is 6.11. The Morgan fingerprint density at radius 2 is 1.94 bits per heavy atom. The molecular formula is C13H10N2OS. The maximum Gasteiger partial charge on any atom is 0.143 e. The lowest BCUT2D eigenvalue weighted by Gasteiger charge is -1.97. The molecule has 0 aliphatic carbocycles. The molecule has 2 aromatic heterocycles. The summed E-state index contributed by atoms with van der Waals surface area (Å²) in [5.41, 5.74) is 2.09. The molecule has 1 aromatic carbocycles. The van der Waals surface area contributed by atoms with Gasteiger partial charge < -0.3 is 5.11 Å². The van der Waals surface area contributed by atoms with E-state index in [1.165, 1.54) is 0 Å². The molecule has 0 aliphatic heterocycles. The summed E-state index contributed by atoms with van der Waals surface area (Å²) < 4.78 is 0. The zero-order chi connectivity index (χ0) is 11.7. The summed E-state index contributed by atoms with van der Waals surface area (Å²) in [7, 11) is 0. The number of hydrogen-bond acceptors (Lipinski definition) is 4. The van der Waals surface area contributed by atoms with E-state index in [1.807, 2.05) is 24.3 Å². The lowest BCUT2D eigenvalue weighted by molar-refractivity contribution is 0.475. The molecule has 17 heavy (non-hydrogen) atoms. The Hall–Kier alpha value is -1.94. The molecule has 0 unspecified atom stereocenters. The van der Waals surface area contributed by atoms with Gasteiger partial charge in [0.15, 0.2) is 0 Å². The first-order valence-electron chi connectivity index (χ1n) is 5.29. The molecule has 3 aromatic rings. The van der Waals surface area contributed by atoms with Crippen LogP contribution in [0.25, 0.3) is 10.3 Å². The Kier molecular flexibility index (Phi) is 2.49. The summed E-state index contributed by atoms with van der Waals surface area (Å²) in [5, 5.41) is 10.3. The molecule has 0 atom stereocenters. The second kappa shape index (κ2) is 4.14.